The van der Waals surface area contributed by atoms with E-state index in [9.17, 15) is 39.3 Å². The van der Waals surface area contributed by atoms with E-state index in [1.807, 2.05) is 0 Å². The molecular weight excluding hydrogens is 813 g/mol. The first kappa shape index (κ1) is 59.1. The number of carbonyl (C=O) groups is 5. The van der Waals surface area contributed by atoms with Crippen molar-refractivity contribution in [3.05, 3.63) is 24.3 Å². The lowest BCUT2D eigenvalue weighted by atomic mass is 9.91. The Bertz CT molecular complexity index is 1230. The van der Waals surface area contributed by atoms with Gasteiger partial charge >= 0.3 is 17.9 Å². The molecule has 3 unspecified atom stereocenters. The number of allylic oxidation sites excluding steroid dienone is 4. The molecule has 1 saturated heterocycles. The number of Topliss-reactive ketones (excluding diaryl/α,β-unsaturated/α-hetero) is 2. The predicted octanol–water partition coefficient (Wildman–Crippen LogP) is 11.8. The van der Waals surface area contributed by atoms with Gasteiger partial charge in [-0.05, 0) is 64.2 Å². The highest BCUT2D eigenvalue weighted by Gasteiger charge is 2.60. The van der Waals surface area contributed by atoms with Crippen molar-refractivity contribution >= 4 is 29.5 Å². The maximum Gasteiger partial charge on any atom is 0.362 e. The van der Waals surface area contributed by atoms with Crippen molar-refractivity contribution in [1.82, 2.24) is 0 Å². The van der Waals surface area contributed by atoms with Gasteiger partial charge in [-0.1, -0.05) is 192 Å². The third kappa shape index (κ3) is 25.1. The van der Waals surface area contributed by atoms with Gasteiger partial charge in [0, 0.05) is 12.8 Å². The van der Waals surface area contributed by atoms with E-state index < -0.39 is 66.6 Å². The summed E-state index contributed by atoms with van der Waals surface area (Å²) < 4.78 is 15.6. The molecule has 1 rings (SSSR count). The zero-order valence-corrected chi connectivity index (χ0v) is 40.6. The summed E-state index contributed by atoms with van der Waals surface area (Å²) in [6.45, 7) is 0.725. The molecule has 0 saturated carbocycles. The van der Waals surface area contributed by atoms with Crippen LogP contribution in [0.4, 0.5) is 0 Å². The van der Waals surface area contributed by atoms with Crippen molar-refractivity contribution in [3.8, 4) is 0 Å². The van der Waals surface area contributed by atoms with Crippen molar-refractivity contribution in [2.75, 3.05) is 19.8 Å². The first-order chi connectivity index (χ1) is 31.2. The van der Waals surface area contributed by atoms with Gasteiger partial charge in [0.2, 0.25) is 6.10 Å². The molecular formula is C53H92O11. The standard InChI is InChI=1S/C53H92O11/c1-3-5-7-9-11-13-15-17-19-21-23-25-27-29-31-33-35-37-39-41-47(57)52(44-55)50(60)62-46(43-54)49(59)63-53(45-56,51(61)64-52)48(58)42-40-38-36-34-32-30-28-26-24-22-20-18-16-14-12-10-8-6-4-2/h17-20,46,54-56H,3-16,21-45H2,1-2H3/b19-17-,20-18-. The highest BCUT2D eigenvalue weighted by Crippen LogP contribution is 2.29. The predicted molar refractivity (Wildman–Crippen MR) is 255 cm³/mol. The van der Waals surface area contributed by atoms with Crippen LogP contribution in [-0.4, -0.2) is 81.9 Å². The molecule has 1 aliphatic heterocycles. The summed E-state index contributed by atoms with van der Waals surface area (Å²) >= 11 is 0. The topological polar surface area (TPSA) is 174 Å². The molecule has 0 spiro atoms. The quantitative estimate of drug-likeness (QED) is 0.0175. The van der Waals surface area contributed by atoms with Gasteiger partial charge in [-0.25, -0.2) is 14.4 Å². The Morgan fingerprint density at radius 1 is 0.438 bits per heavy atom. The van der Waals surface area contributed by atoms with Gasteiger partial charge in [-0.15, -0.1) is 0 Å². The monoisotopic (exact) mass is 905 g/mol. The summed E-state index contributed by atoms with van der Waals surface area (Å²) in [7, 11) is 0. The van der Waals surface area contributed by atoms with E-state index in [4.69, 9.17) is 14.2 Å². The van der Waals surface area contributed by atoms with Crippen LogP contribution in [0.25, 0.3) is 0 Å². The van der Waals surface area contributed by atoms with Crippen LogP contribution in [0.3, 0.4) is 0 Å². The normalized spacial score (nSPS) is 19.4. The van der Waals surface area contributed by atoms with Crippen LogP contribution < -0.4 is 0 Å². The average Bonchev–Trinajstić information content (AvgIpc) is 3.33. The third-order valence-corrected chi connectivity index (χ3v) is 12.6. The molecule has 0 radical (unpaired) electrons. The van der Waals surface area contributed by atoms with E-state index in [1.165, 1.54) is 128 Å². The average molecular weight is 905 g/mol. The highest BCUT2D eigenvalue weighted by molar-refractivity contribution is 6.14. The minimum Gasteiger partial charge on any atom is -0.444 e. The molecule has 1 heterocycles. The summed E-state index contributed by atoms with van der Waals surface area (Å²) in [6.07, 6.45) is 44.4. The fourth-order valence-electron chi connectivity index (χ4n) is 8.19. The van der Waals surface area contributed by atoms with Crippen LogP contribution in [0, 0.1) is 0 Å². The summed E-state index contributed by atoms with van der Waals surface area (Å²) in [5.41, 5.74) is -5.82. The maximum atomic E-state index is 13.7. The minimum absolute atomic E-state index is 0.259. The van der Waals surface area contributed by atoms with Crippen LogP contribution in [-0.2, 0) is 38.2 Å². The van der Waals surface area contributed by atoms with Gasteiger partial charge in [-0.2, -0.15) is 0 Å². The molecule has 3 N–H and O–H groups in total. The summed E-state index contributed by atoms with van der Waals surface area (Å²) in [5.74, 6) is -6.62. The molecule has 1 fully saturated rings. The number of ether oxygens (including phenoxy) is 3. The first-order valence-electron chi connectivity index (χ1n) is 26.1. The van der Waals surface area contributed by atoms with Crippen LogP contribution in [0.15, 0.2) is 24.3 Å². The molecule has 0 aromatic rings. The van der Waals surface area contributed by atoms with Crippen molar-refractivity contribution in [3.63, 3.8) is 0 Å². The minimum atomic E-state index is -2.91. The van der Waals surface area contributed by atoms with Crippen molar-refractivity contribution in [2.45, 2.75) is 262 Å². The highest BCUT2D eigenvalue weighted by atomic mass is 16.7. The van der Waals surface area contributed by atoms with Crippen LogP contribution in [0.1, 0.15) is 245 Å². The van der Waals surface area contributed by atoms with Crippen molar-refractivity contribution in [1.29, 1.82) is 0 Å². The lowest BCUT2D eigenvalue weighted by Gasteiger charge is -2.32. The number of esters is 3. The number of rotatable bonds is 43. The summed E-state index contributed by atoms with van der Waals surface area (Å²) in [6, 6.07) is 0. The Balaban J connectivity index is 2.50. The number of aliphatic hydroxyl groups excluding tert-OH is 3. The zero-order chi connectivity index (χ0) is 47.0. The van der Waals surface area contributed by atoms with E-state index in [0.717, 1.165) is 64.2 Å². The van der Waals surface area contributed by atoms with Gasteiger partial charge in [0.1, 0.15) is 13.2 Å². The van der Waals surface area contributed by atoms with E-state index in [-0.39, 0.29) is 12.8 Å². The van der Waals surface area contributed by atoms with Gasteiger partial charge in [0.15, 0.2) is 11.6 Å². The van der Waals surface area contributed by atoms with Gasteiger partial charge in [0.25, 0.3) is 11.2 Å². The number of ketones is 2. The summed E-state index contributed by atoms with van der Waals surface area (Å²) in [5, 5.41) is 30.7. The molecule has 0 aliphatic carbocycles. The van der Waals surface area contributed by atoms with E-state index in [1.54, 1.807) is 0 Å². The third-order valence-electron chi connectivity index (χ3n) is 12.6. The number of hydrogen-bond acceptors (Lipinski definition) is 11. The Morgan fingerprint density at radius 3 is 1.05 bits per heavy atom. The molecule has 3 atom stereocenters. The summed E-state index contributed by atoms with van der Waals surface area (Å²) in [4.78, 5) is 67.3. The Labute approximate surface area is 388 Å². The second kappa shape index (κ2) is 39.3. The number of cyclic esters (lactones) is 3. The molecule has 0 aromatic carbocycles. The molecule has 0 aromatic heterocycles. The maximum absolute atomic E-state index is 13.7. The number of hydrogen-bond donors (Lipinski definition) is 3. The van der Waals surface area contributed by atoms with Crippen molar-refractivity contribution < 1.29 is 53.5 Å². The fraction of sp³-hybridized carbons (Fsp3) is 0.830. The molecule has 0 amide bonds. The Kier molecular flexibility index (Phi) is 36.3. The van der Waals surface area contributed by atoms with Gasteiger partial charge in [-0.3, -0.25) is 9.59 Å². The largest absolute Gasteiger partial charge is 0.444 e. The smallest absolute Gasteiger partial charge is 0.362 e. The SMILES string of the molecule is CCCCCCCC/C=C\CCCCCCCCCCCC(=O)C1(CO)OC(=O)C(CO)OC(=O)C(CO)(C(=O)CCCCCCCCCCC/C=C\CCCCCCCC)OC1=O. The van der Waals surface area contributed by atoms with E-state index in [0.29, 0.717) is 25.7 Å². The zero-order valence-electron chi connectivity index (χ0n) is 40.6. The van der Waals surface area contributed by atoms with Crippen molar-refractivity contribution in [2.24, 2.45) is 0 Å². The molecule has 0 bridgehead atoms. The van der Waals surface area contributed by atoms with E-state index in [2.05, 4.69) is 38.2 Å². The molecule has 11 heteroatoms. The Hall–Kier alpha value is -2.89. The first-order valence-corrected chi connectivity index (χ1v) is 26.1. The number of carbonyl (C=O) groups excluding carboxylic acids is 5. The molecule has 11 nitrogen and oxygen atoms in total. The molecule has 1 aliphatic rings. The van der Waals surface area contributed by atoms with E-state index >= 15 is 0 Å². The van der Waals surface area contributed by atoms with Crippen LogP contribution >= 0.6 is 0 Å². The lowest BCUT2D eigenvalue weighted by molar-refractivity contribution is -0.202. The lowest BCUT2D eigenvalue weighted by Crippen LogP contribution is -2.60. The fourth-order valence-corrected chi connectivity index (χ4v) is 8.19. The number of aliphatic hydroxyl groups is 3. The molecule has 64 heavy (non-hydrogen) atoms. The number of unbranched alkanes of at least 4 members (excludes halogenated alkanes) is 30. The van der Waals surface area contributed by atoms with Gasteiger partial charge < -0.3 is 29.5 Å². The van der Waals surface area contributed by atoms with Crippen LogP contribution in [0.5, 0.6) is 0 Å². The van der Waals surface area contributed by atoms with Crippen LogP contribution in [0.2, 0.25) is 0 Å². The second-order valence-electron chi connectivity index (χ2n) is 18.2. The van der Waals surface area contributed by atoms with Gasteiger partial charge in [0.05, 0.1) is 6.61 Å². The molecule has 370 valence electrons. The second-order valence-corrected chi connectivity index (χ2v) is 18.2. The Morgan fingerprint density at radius 2 is 0.734 bits per heavy atom.